The van der Waals surface area contributed by atoms with Crippen molar-refractivity contribution in [3.05, 3.63) is 77.6 Å². The van der Waals surface area contributed by atoms with Gasteiger partial charge in [0, 0.05) is 36.1 Å². The number of fused-ring (bicyclic) bond motifs is 1. The Kier molecular flexibility index (Phi) is 6.08. The first-order valence-corrected chi connectivity index (χ1v) is 11.4. The molecule has 3 heterocycles. The number of imidazole rings is 1. The Bertz CT molecular complexity index is 1450. The van der Waals surface area contributed by atoms with E-state index in [-0.39, 0.29) is 5.91 Å². The fraction of sp³-hybridized carbons (Fsp3) is 0.222. The molecule has 2 aromatic carbocycles. The van der Waals surface area contributed by atoms with E-state index in [0.717, 1.165) is 33.8 Å². The third-order valence-corrected chi connectivity index (χ3v) is 6.19. The minimum absolute atomic E-state index is 0.0325. The van der Waals surface area contributed by atoms with Crippen LogP contribution in [0, 0.1) is 18.3 Å². The number of aromatic nitrogens is 2. The van der Waals surface area contributed by atoms with Gasteiger partial charge in [-0.1, -0.05) is 0 Å². The first kappa shape index (κ1) is 22.4. The lowest BCUT2D eigenvalue weighted by Gasteiger charge is -2.27. The quantitative estimate of drug-likeness (QED) is 0.468. The minimum Gasteiger partial charge on any atom is -0.497 e. The van der Waals surface area contributed by atoms with Crippen LogP contribution in [-0.4, -0.2) is 53.6 Å². The van der Waals surface area contributed by atoms with Crippen molar-refractivity contribution in [1.29, 1.82) is 5.26 Å². The van der Waals surface area contributed by atoms with Gasteiger partial charge in [-0.05, 0) is 61.0 Å². The number of pyridine rings is 1. The summed E-state index contributed by atoms with van der Waals surface area (Å²) in [6.07, 6.45) is 3.68. The molecule has 0 atom stereocenters. The van der Waals surface area contributed by atoms with E-state index in [2.05, 4.69) is 16.4 Å². The number of hydrogen-bond acceptors (Lipinski definition) is 6. The van der Waals surface area contributed by atoms with E-state index in [1.54, 1.807) is 19.4 Å². The predicted molar refractivity (Wildman–Crippen MR) is 133 cm³/mol. The zero-order valence-corrected chi connectivity index (χ0v) is 19.6. The normalized spacial score (nSPS) is 13.5. The summed E-state index contributed by atoms with van der Waals surface area (Å²) in [5.74, 6) is 0.664. The highest BCUT2D eigenvalue weighted by Crippen LogP contribution is 2.31. The number of nitriles is 1. The van der Waals surface area contributed by atoms with Crippen molar-refractivity contribution >= 4 is 22.9 Å². The molecule has 1 N–H and O–H groups in total. The highest BCUT2D eigenvalue weighted by atomic mass is 16.5. The number of hydrogen-bond donors (Lipinski definition) is 1. The number of aryl methyl sites for hydroxylation is 1. The second-order valence-electron chi connectivity index (χ2n) is 8.34. The molecule has 5 rings (SSSR count). The monoisotopic (exact) mass is 467 g/mol. The molecule has 4 aromatic rings. The van der Waals surface area contributed by atoms with Crippen molar-refractivity contribution in [1.82, 2.24) is 14.3 Å². The number of ether oxygens (including phenoxy) is 2. The minimum atomic E-state index is 0.0325. The Balaban J connectivity index is 1.44. The number of methoxy groups -OCH3 is 1. The van der Waals surface area contributed by atoms with E-state index in [1.807, 2.05) is 64.9 Å². The molecule has 35 heavy (non-hydrogen) atoms. The van der Waals surface area contributed by atoms with Gasteiger partial charge >= 0.3 is 0 Å². The highest BCUT2D eigenvalue weighted by molar-refractivity contribution is 5.96. The van der Waals surface area contributed by atoms with Crippen LogP contribution in [0.3, 0.4) is 0 Å². The second kappa shape index (κ2) is 9.49. The van der Waals surface area contributed by atoms with E-state index in [4.69, 9.17) is 9.47 Å². The van der Waals surface area contributed by atoms with E-state index in [9.17, 15) is 10.1 Å². The standard InChI is InChI=1S/C27H25N5O3/c1-18-14-20(5-7-22(18)27(33)31-10-12-35-13-11-31)30-24-4-3-9-32-25(17-29-26(24)32)23-8-6-21(34-2)15-19(23)16-28/h3-9,14-15,17,30H,10-13H2,1-2H3. The molecule has 0 unspecified atom stereocenters. The Labute approximate surface area is 203 Å². The van der Waals surface area contributed by atoms with Crippen LogP contribution in [0.5, 0.6) is 5.75 Å². The van der Waals surface area contributed by atoms with Crippen molar-refractivity contribution in [2.45, 2.75) is 6.92 Å². The number of carbonyl (C=O) groups is 1. The van der Waals surface area contributed by atoms with Crippen LogP contribution in [0.4, 0.5) is 11.4 Å². The number of morpholine rings is 1. The van der Waals surface area contributed by atoms with Gasteiger partial charge in [0.05, 0.1) is 49.5 Å². The van der Waals surface area contributed by atoms with Crippen LogP contribution in [0.25, 0.3) is 16.9 Å². The van der Waals surface area contributed by atoms with Gasteiger partial charge in [0.2, 0.25) is 0 Å². The second-order valence-corrected chi connectivity index (χ2v) is 8.34. The molecular weight excluding hydrogens is 442 g/mol. The maximum absolute atomic E-state index is 12.9. The van der Waals surface area contributed by atoms with Gasteiger partial charge < -0.3 is 19.7 Å². The van der Waals surface area contributed by atoms with Crippen LogP contribution in [-0.2, 0) is 4.74 Å². The van der Waals surface area contributed by atoms with Gasteiger partial charge in [-0.3, -0.25) is 9.20 Å². The molecule has 1 aliphatic heterocycles. The molecule has 1 amide bonds. The maximum Gasteiger partial charge on any atom is 0.254 e. The number of amides is 1. The molecule has 2 aromatic heterocycles. The summed E-state index contributed by atoms with van der Waals surface area (Å²) in [5.41, 5.74) is 6.11. The molecule has 0 saturated carbocycles. The average molecular weight is 468 g/mol. The summed E-state index contributed by atoms with van der Waals surface area (Å²) in [7, 11) is 1.58. The third-order valence-electron chi connectivity index (χ3n) is 6.19. The fourth-order valence-corrected chi connectivity index (χ4v) is 4.35. The van der Waals surface area contributed by atoms with Crippen molar-refractivity contribution in [3.8, 4) is 23.1 Å². The molecule has 1 aliphatic rings. The molecule has 8 heteroatoms. The molecule has 1 saturated heterocycles. The van der Waals surface area contributed by atoms with Crippen LogP contribution >= 0.6 is 0 Å². The molecule has 0 bridgehead atoms. The molecular formula is C27H25N5O3. The number of benzene rings is 2. The van der Waals surface area contributed by atoms with E-state index >= 15 is 0 Å². The van der Waals surface area contributed by atoms with Crippen molar-refractivity contribution in [2.75, 3.05) is 38.7 Å². The number of nitrogens with one attached hydrogen (secondary N) is 1. The summed E-state index contributed by atoms with van der Waals surface area (Å²) >= 11 is 0. The Hall–Kier alpha value is -4.35. The van der Waals surface area contributed by atoms with Crippen molar-refractivity contribution in [3.63, 3.8) is 0 Å². The van der Waals surface area contributed by atoms with Gasteiger partial charge in [0.25, 0.3) is 5.91 Å². The third kappa shape index (κ3) is 4.29. The SMILES string of the molecule is COc1ccc(-c2cnc3c(Nc4ccc(C(=O)N5CCOCC5)c(C)c4)cccn23)c(C#N)c1. The van der Waals surface area contributed by atoms with Crippen molar-refractivity contribution in [2.24, 2.45) is 0 Å². The van der Waals surface area contributed by atoms with Gasteiger partial charge in [-0.25, -0.2) is 4.98 Å². The summed E-state index contributed by atoms with van der Waals surface area (Å²) in [4.78, 5) is 19.4. The van der Waals surface area contributed by atoms with Gasteiger partial charge in [-0.2, -0.15) is 5.26 Å². The first-order chi connectivity index (χ1) is 17.1. The Morgan fingerprint density at radius 3 is 2.74 bits per heavy atom. The maximum atomic E-state index is 12.9. The number of rotatable bonds is 5. The topological polar surface area (TPSA) is 91.9 Å². The van der Waals surface area contributed by atoms with Crippen LogP contribution in [0.2, 0.25) is 0 Å². The Morgan fingerprint density at radius 1 is 1.17 bits per heavy atom. The molecule has 0 spiro atoms. The molecule has 176 valence electrons. The smallest absolute Gasteiger partial charge is 0.254 e. The zero-order chi connectivity index (χ0) is 24.4. The van der Waals surface area contributed by atoms with Crippen LogP contribution < -0.4 is 10.1 Å². The summed E-state index contributed by atoms with van der Waals surface area (Å²) in [6, 6.07) is 17.3. The first-order valence-electron chi connectivity index (χ1n) is 11.4. The molecule has 0 radical (unpaired) electrons. The lowest BCUT2D eigenvalue weighted by atomic mass is 10.1. The molecule has 8 nitrogen and oxygen atoms in total. The van der Waals surface area contributed by atoms with Crippen LogP contribution in [0.1, 0.15) is 21.5 Å². The number of carbonyl (C=O) groups excluding carboxylic acids is 1. The summed E-state index contributed by atoms with van der Waals surface area (Å²) in [5, 5.41) is 13.1. The van der Waals surface area contributed by atoms with Gasteiger partial charge in [0.1, 0.15) is 5.75 Å². The lowest BCUT2D eigenvalue weighted by molar-refractivity contribution is 0.0302. The Morgan fingerprint density at radius 2 is 2.00 bits per heavy atom. The summed E-state index contributed by atoms with van der Waals surface area (Å²) < 4.78 is 12.6. The fourth-order valence-electron chi connectivity index (χ4n) is 4.35. The van der Waals surface area contributed by atoms with E-state index in [1.165, 1.54) is 0 Å². The highest BCUT2D eigenvalue weighted by Gasteiger charge is 2.20. The number of nitrogens with zero attached hydrogens (tertiary/aromatic N) is 4. The summed E-state index contributed by atoms with van der Waals surface area (Å²) in [6.45, 7) is 4.33. The molecule has 1 fully saturated rings. The zero-order valence-electron chi connectivity index (χ0n) is 19.6. The van der Waals surface area contributed by atoms with E-state index < -0.39 is 0 Å². The number of anilines is 2. The molecule has 0 aliphatic carbocycles. The van der Waals surface area contributed by atoms with E-state index in [0.29, 0.717) is 43.2 Å². The van der Waals surface area contributed by atoms with Gasteiger partial charge in [-0.15, -0.1) is 0 Å². The predicted octanol–water partition coefficient (Wildman–Crippen LogP) is 4.41. The average Bonchev–Trinajstić information content (AvgIpc) is 3.33. The van der Waals surface area contributed by atoms with Crippen molar-refractivity contribution < 1.29 is 14.3 Å². The van der Waals surface area contributed by atoms with Crippen LogP contribution in [0.15, 0.2) is 60.9 Å². The lowest BCUT2D eigenvalue weighted by Crippen LogP contribution is -2.40. The largest absolute Gasteiger partial charge is 0.497 e. The van der Waals surface area contributed by atoms with Gasteiger partial charge in [0.15, 0.2) is 5.65 Å².